The Bertz CT molecular complexity index is 1570. The van der Waals surface area contributed by atoms with Gasteiger partial charge in [-0.25, -0.2) is 19.4 Å². The first-order valence-corrected chi connectivity index (χ1v) is 12.5. The third-order valence-electron chi connectivity index (χ3n) is 6.14. The quantitative estimate of drug-likeness (QED) is 0.216. The highest BCUT2D eigenvalue weighted by Crippen LogP contribution is 2.31. The van der Waals surface area contributed by atoms with Gasteiger partial charge < -0.3 is 9.84 Å². The molecule has 0 radical (unpaired) electrons. The molecule has 0 unspecified atom stereocenters. The molecule has 5 rings (SSSR count). The summed E-state index contributed by atoms with van der Waals surface area (Å²) in [5.41, 5.74) is 1.82. The number of anilines is 2. The molecule has 0 saturated carbocycles. The number of carbonyl (C=O) groups is 4. The van der Waals surface area contributed by atoms with Crippen LogP contribution in [0.25, 0.3) is 6.08 Å². The average Bonchev–Trinajstić information content (AvgIpc) is 2.96. The van der Waals surface area contributed by atoms with Gasteiger partial charge in [-0.05, 0) is 65.7 Å². The van der Waals surface area contributed by atoms with Gasteiger partial charge in [0.05, 0.1) is 22.0 Å². The first-order valence-electron chi connectivity index (χ1n) is 12.1. The van der Waals surface area contributed by atoms with E-state index in [4.69, 9.17) is 21.4 Å². The zero-order valence-electron chi connectivity index (χ0n) is 20.9. The van der Waals surface area contributed by atoms with Gasteiger partial charge in [-0.3, -0.25) is 9.59 Å². The Balaban J connectivity index is 1.44. The summed E-state index contributed by atoms with van der Waals surface area (Å²) in [5, 5.41) is 9.28. The van der Waals surface area contributed by atoms with Crippen molar-refractivity contribution in [1.82, 2.24) is 0 Å². The van der Waals surface area contributed by atoms with Crippen LogP contribution >= 0.6 is 11.6 Å². The fraction of sp³-hybridized carbons (Fsp3) is 0.0323. The number of amides is 4. The van der Waals surface area contributed by atoms with Crippen molar-refractivity contribution < 1.29 is 29.0 Å². The van der Waals surface area contributed by atoms with Crippen molar-refractivity contribution in [3.05, 3.63) is 130 Å². The fourth-order valence-corrected chi connectivity index (χ4v) is 4.38. The highest BCUT2D eigenvalue weighted by molar-refractivity contribution is 6.46. The van der Waals surface area contributed by atoms with E-state index in [9.17, 15) is 19.2 Å². The average molecular weight is 553 g/mol. The van der Waals surface area contributed by atoms with Crippen molar-refractivity contribution in [2.45, 2.75) is 6.61 Å². The van der Waals surface area contributed by atoms with Gasteiger partial charge in [0.2, 0.25) is 0 Å². The predicted octanol–water partition coefficient (Wildman–Crippen LogP) is 6.20. The van der Waals surface area contributed by atoms with Gasteiger partial charge in [0.15, 0.2) is 0 Å². The lowest BCUT2D eigenvalue weighted by Gasteiger charge is -2.33. The van der Waals surface area contributed by atoms with Crippen LogP contribution in [0.2, 0.25) is 5.02 Å². The molecule has 1 aliphatic heterocycles. The van der Waals surface area contributed by atoms with Crippen LogP contribution < -0.4 is 14.5 Å². The molecule has 0 atom stereocenters. The van der Waals surface area contributed by atoms with Crippen LogP contribution in [0.3, 0.4) is 0 Å². The second kappa shape index (κ2) is 11.3. The molecule has 1 saturated heterocycles. The van der Waals surface area contributed by atoms with Crippen molar-refractivity contribution in [2.75, 3.05) is 9.80 Å². The number of carbonyl (C=O) groups excluding carboxylic acids is 3. The molecule has 4 aromatic rings. The molecule has 1 aliphatic rings. The van der Waals surface area contributed by atoms with Crippen molar-refractivity contribution in [3.8, 4) is 5.75 Å². The van der Waals surface area contributed by atoms with E-state index in [0.717, 1.165) is 15.4 Å². The second-order valence-corrected chi connectivity index (χ2v) is 9.18. The maximum Gasteiger partial charge on any atom is 0.343 e. The minimum Gasteiger partial charge on any atom is -0.487 e. The molecular formula is C31H21ClN2O6. The van der Waals surface area contributed by atoms with Gasteiger partial charge in [0.1, 0.15) is 17.9 Å². The summed E-state index contributed by atoms with van der Waals surface area (Å²) in [6.45, 7) is 0.150. The predicted molar refractivity (Wildman–Crippen MR) is 150 cm³/mol. The summed E-state index contributed by atoms with van der Waals surface area (Å²) in [5.74, 6) is -2.16. The fourth-order valence-electron chi connectivity index (χ4n) is 4.13. The maximum absolute atomic E-state index is 13.5. The van der Waals surface area contributed by atoms with Crippen LogP contribution in [-0.2, 0) is 16.2 Å². The summed E-state index contributed by atoms with van der Waals surface area (Å²) in [4.78, 5) is 53.4. The Morgan fingerprint density at radius 2 is 1.32 bits per heavy atom. The molecule has 0 aromatic heterocycles. The zero-order chi connectivity index (χ0) is 28.2. The number of nitrogens with zero attached hydrogens (tertiary/aromatic N) is 2. The van der Waals surface area contributed by atoms with Crippen LogP contribution in [0.4, 0.5) is 16.2 Å². The molecule has 0 spiro atoms. The number of rotatable bonds is 7. The van der Waals surface area contributed by atoms with Crippen molar-refractivity contribution >= 4 is 52.9 Å². The van der Waals surface area contributed by atoms with E-state index in [1.54, 1.807) is 91.0 Å². The molecule has 8 nitrogen and oxygen atoms in total. The molecule has 4 aromatic carbocycles. The molecule has 0 aliphatic carbocycles. The van der Waals surface area contributed by atoms with Crippen LogP contribution in [0.1, 0.15) is 21.5 Å². The van der Waals surface area contributed by atoms with Crippen molar-refractivity contribution in [2.24, 2.45) is 0 Å². The maximum atomic E-state index is 13.5. The molecular weight excluding hydrogens is 532 g/mol. The Morgan fingerprint density at radius 1 is 0.775 bits per heavy atom. The summed E-state index contributed by atoms with van der Waals surface area (Å²) >= 11 is 6.45. The third-order valence-corrected chi connectivity index (χ3v) is 6.44. The molecule has 40 heavy (non-hydrogen) atoms. The van der Waals surface area contributed by atoms with E-state index in [2.05, 4.69) is 0 Å². The first-order chi connectivity index (χ1) is 19.3. The number of aromatic carboxylic acids is 1. The van der Waals surface area contributed by atoms with Crippen LogP contribution in [-0.4, -0.2) is 28.9 Å². The highest BCUT2D eigenvalue weighted by atomic mass is 35.5. The summed E-state index contributed by atoms with van der Waals surface area (Å²) in [6, 6.07) is 27.0. The zero-order valence-corrected chi connectivity index (χ0v) is 21.6. The summed E-state index contributed by atoms with van der Waals surface area (Å²) < 4.78 is 5.78. The molecule has 0 bridgehead atoms. The topological polar surface area (TPSA) is 104 Å². The van der Waals surface area contributed by atoms with Gasteiger partial charge in [-0.2, -0.15) is 0 Å². The Hall–Kier alpha value is -5.21. The van der Waals surface area contributed by atoms with E-state index in [1.807, 2.05) is 0 Å². The van der Waals surface area contributed by atoms with E-state index in [0.29, 0.717) is 22.7 Å². The van der Waals surface area contributed by atoms with Gasteiger partial charge in [0.25, 0.3) is 11.8 Å². The Kier molecular flexibility index (Phi) is 7.43. The molecule has 1 N–H and O–H groups in total. The molecule has 198 valence electrons. The first kappa shape index (κ1) is 26.4. The standard InChI is InChI=1S/C31H21ClN2O6/c32-26-18-21(13-16-27(26)40-19-20-11-14-22(15-12-20)30(37)38)17-25-28(35)33(23-7-3-1-4-8-23)31(39)34(29(25)36)24-9-5-2-6-10-24/h1-18H,19H2,(H,37,38). The number of hydrogen-bond donors (Lipinski definition) is 1. The number of barbiturate groups is 1. The van der Waals surface area contributed by atoms with Crippen LogP contribution in [0.15, 0.2) is 109 Å². The number of halogens is 1. The van der Waals surface area contributed by atoms with E-state index < -0.39 is 23.8 Å². The van der Waals surface area contributed by atoms with Crippen molar-refractivity contribution in [1.29, 1.82) is 0 Å². The smallest absolute Gasteiger partial charge is 0.343 e. The van der Waals surface area contributed by atoms with Gasteiger partial charge >= 0.3 is 12.0 Å². The van der Waals surface area contributed by atoms with E-state index in [-0.39, 0.29) is 22.8 Å². The highest BCUT2D eigenvalue weighted by Gasteiger charge is 2.43. The molecule has 1 heterocycles. The number of para-hydroxylation sites is 2. The number of ether oxygens (including phenoxy) is 1. The third kappa shape index (κ3) is 5.34. The van der Waals surface area contributed by atoms with Gasteiger partial charge in [-0.15, -0.1) is 0 Å². The van der Waals surface area contributed by atoms with E-state index >= 15 is 0 Å². The molecule has 4 amide bonds. The van der Waals surface area contributed by atoms with Crippen LogP contribution in [0.5, 0.6) is 5.75 Å². The lowest BCUT2D eigenvalue weighted by molar-refractivity contribution is -0.121. The summed E-state index contributed by atoms with van der Waals surface area (Å²) in [7, 11) is 0. The number of urea groups is 1. The lowest BCUT2D eigenvalue weighted by Crippen LogP contribution is -2.57. The lowest BCUT2D eigenvalue weighted by atomic mass is 10.0. The SMILES string of the molecule is O=C(O)c1ccc(COc2ccc(C=C3C(=O)N(c4ccccc4)C(=O)N(c4ccccc4)C3=O)cc2Cl)cc1. The molecule has 1 fully saturated rings. The monoisotopic (exact) mass is 552 g/mol. The number of benzene rings is 4. The van der Waals surface area contributed by atoms with Gasteiger partial charge in [-0.1, -0.05) is 66.2 Å². The number of carboxylic acid groups (broad SMARTS) is 1. The Morgan fingerprint density at radius 3 is 1.82 bits per heavy atom. The number of imide groups is 2. The number of carboxylic acids is 1. The van der Waals surface area contributed by atoms with Crippen LogP contribution in [0, 0.1) is 0 Å². The molecule has 9 heteroatoms. The van der Waals surface area contributed by atoms with Crippen molar-refractivity contribution in [3.63, 3.8) is 0 Å². The normalized spacial score (nSPS) is 13.4. The Labute approximate surface area is 234 Å². The minimum absolute atomic E-state index is 0.150. The summed E-state index contributed by atoms with van der Waals surface area (Å²) in [6.07, 6.45) is 1.39. The number of hydrogen-bond acceptors (Lipinski definition) is 5. The minimum atomic E-state index is -1.02. The second-order valence-electron chi connectivity index (χ2n) is 8.77. The largest absolute Gasteiger partial charge is 0.487 e. The van der Waals surface area contributed by atoms with Gasteiger partial charge in [0, 0.05) is 0 Å². The van der Waals surface area contributed by atoms with E-state index in [1.165, 1.54) is 18.2 Å².